The summed E-state index contributed by atoms with van der Waals surface area (Å²) in [5.74, 6) is -0.916. The number of thioether (sulfide) groups is 1. The maximum absolute atomic E-state index is 10.2. The minimum atomic E-state index is -0.916. The van der Waals surface area contributed by atoms with Gasteiger partial charge >= 0.3 is 5.97 Å². The van der Waals surface area contributed by atoms with E-state index in [1.807, 2.05) is 13.2 Å². The van der Waals surface area contributed by atoms with Crippen LogP contribution in [0.15, 0.2) is 0 Å². The Morgan fingerprint density at radius 1 is 1.73 bits per heavy atom. The molecule has 0 aromatic carbocycles. The minimum absolute atomic E-state index is 0. The molecule has 0 rings (SSSR count). The molecular formula is C6H14ClNO2S. The van der Waals surface area contributed by atoms with E-state index in [0.717, 1.165) is 0 Å². The summed E-state index contributed by atoms with van der Waals surface area (Å²) in [6, 6.07) is -0.706. The fourth-order valence-electron chi connectivity index (χ4n) is 0.555. The van der Waals surface area contributed by atoms with Gasteiger partial charge in [-0.2, -0.15) is 11.8 Å². The molecule has 0 saturated carbocycles. The smallest absolute Gasteiger partial charge is 0.320 e. The van der Waals surface area contributed by atoms with E-state index in [2.05, 4.69) is 0 Å². The Morgan fingerprint density at radius 2 is 2.18 bits per heavy atom. The number of halogens is 1. The number of carbonyl (C=O) groups is 1. The van der Waals surface area contributed by atoms with Crippen molar-refractivity contribution < 1.29 is 9.90 Å². The fraction of sp³-hybridized carbons (Fsp3) is 0.833. The molecule has 0 amide bonds. The highest BCUT2D eigenvalue weighted by molar-refractivity contribution is 7.99. The zero-order chi connectivity index (χ0) is 8.15. The summed E-state index contributed by atoms with van der Waals surface area (Å²) in [6.07, 6.45) is 2.48. The van der Waals surface area contributed by atoms with Crippen LogP contribution in [0.25, 0.3) is 0 Å². The van der Waals surface area contributed by atoms with E-state index in [4.69, 9.17) is 10.8 Å². The van der Waals surface area contributed by atoms with Gasteiger partial charge in [-0.25, -0.2) is 0 Å². The molecule has 68 valence electrons. The first-order chi connectivity index (χ1) is 4.57. The van der Waals surface area contributed by atoms with Crippen LogP contribution in [0.2, 0.25) is 0 Å². The first-order valence-corrected chi connectivity index (χ1v) is 4.38. The van der Waals surface area contributed by atoms with Crippen molar-refractivity contribution in [2.75, 3.05) is 6.26 Å². The summed E-state index contributed by atoms with van der Waals surface area (Å²) in [5.41, 5.74) is 5.28. The summed E-state index contributed by atoms with van der Waals surface area (Å²) in [4.78, 5) is 10.2. The van der Waals surface area contributed by atoms with Crippen molar-refractivity contribution in [2.24, 2.45) is 5.73 Å². The van der Waals surface area contributed by atoms with E-state index < -0.39 is 12.0 Å². The van der Waals surface area contributed by atoms with Gasteiger partial charge in [0.1, 0.15) is 6.04 Å². The molecule has 5 heteroatoms. The SMILES string of the molecule is CSC(C)CC(N)C(=O)O.Cl. The van der Waals surface area contributed by atoms with Gasteiger partial charge in [0.05, 0.1) is 0 Å². The van der Waals surface area contributed by atoms with E-state index in [9.17, 15) is 4.79 Å². The first-order valence-electron chi connectivity index (χ1n) is 3.09. The molecule has 0 aliphatic carbocycles. The van der Waals surface area contributed by atoms with E-state index in [1.54, 1.807) is 11.8 Å². The maximum Gasteiger partial charge on any atom is 0.320 e. The largest absolute Gasteiger partial charge is 0.480 e. The molecule has 0 aromatic rings. The number of hydrogen-bond acceptors (Lipinski definition) is 3. The molecule has 0 aliphatic heterocycles. The van der Waals surface area contributed by atoms with Gasteiger partial charge in [0.25, 0.3) is 0 Å². The molecule has 0 spiro atoms. The van der Waals surface area contributed by atoms with Gasteiger partial charge in [0, 0.05) is 5.25 Å². The molecule has 3 nitrogen and oxygen atoms in total. The normalized spacial score (nSPS) is 14.8. The standard InChI is InChI=1S/C6H13NO2S.ClH/c1-4(10-2)3-5(7)6(8)9;/h4-5H,3,7H2,1-2H3,(H,8,9);1H. The number of carboxylic acid groups (broad SMARTS) is 1. The maximum atomic E-state index is 10.2. The van der Waals surface area contributed by atoms with Gasteiger partial charge in [0.2, 0.25) is 0 Å². The van der Waals surface area contributed by atoms with Crippen molar-refractivity contribution in [2.45, 2.75) is 24.6 Å². The van der Waals surface area contributed by atoms with Crippen LogP contribution in [0.1, 0.15) is 13.3 Å². The summed E-state index contributed by atoms with van der Waals surface area (Å²) >= 11 is 1.63. The van der Waals surface area contributed by atoms with Crippen LogP contribution in [0.5, 0.6) is 0 Å². The monoisotopic (exact) mass is 199 g/mol. The molecule has 2 unspecified atom stereocenters. The Labute approximate surface area is 77.1 Å². The second kappa shape index (κ2) is 6.76. The highest BCUT2D eigenvalue weighted by atomic mass is 35.5. The van der Waals surface area contributed by atoms with Gasteiger partial charge in [0.15, 0.2) is 0 Å². The topological polar surface area (TPSA) is 63.3 Å². The number of carboxylic acids is 1. The third kappa shape index (κ3) is 6.47. The third-order valence-electron chi connectivity index (χ3n) is 1.31. The lowest BCUT2D eigenvalue weighted by atomic mass is 10.2. The van der Waals surface area contributed by atoms with Gasteiger partial charge in [-0.1, -0.05) is 6.92 Å². The summed E-state index contributed by atoms with van der Waals surface area (Å²) in [7, 11) is 0. The van der Waals surface area contributed by atoms with Crippen molar-refractivity contribution in [1.82, 2.24) is 0 Å². The number of aliphatic carboxylic acids is 1. The average molecular weight is 200 g/mol. The predicted molar refractivity (Wildman–Crippen MR) is 50.5 cm³/mol. The Hall–Kier alpha value is 0.0700. The summed E-state index contributed by atoms with van der Waals surface area (Å²) in [5, 5.41) is 8.72. The van der Waals surface area contributed by atoms with E-state index in [1.165, 1.54) is 0 Å². The lowest BCUT2D eigenvalue weighted by Crippen LogP contribution is -2.32. The Kier molecular flexibility index (Phi) is 8.39. The minimum Gasteiger partial charge on any atom is -0.480 e. The molecule has 0 heterocycles. The van der Waals surface area contributed by atoms with Gasteiger partial charge in [-0.3, -0.25) is 4.79 Å². The van der Waals surface area contributed by atoms with Crippen LogP contribution in [0, 0.1) is 0 Å². The van der Waals surface area contributed by atoms with Gasteiger partial charge < -0.3 is 10.8 Å². The zero-order valence-electron chi connectivity index (χ0n) is 6.61. The second-order valence-corrected chi connectivity index (χ2v) is 3.50. The quantitative estimate of drug-likeness (QED) is 0.708. The average Bonchev–Trinajstić information content (AvgIpc) is 1.87. The first kappa shape index (κ1) is 13.6. The van der Waals surface area contributed by atoms with Crippen LogP contribution in [0.4, 0.5) is 0 Å². The molecule has 0 bridgehead atoms. The number of nitrogens with two attached hydrogens (primary N) is 1. The molecule has 0 radical (unpaired) electrons. The predicted octanol–water partition coefficient (Wildman–Crippen LogP) is 0.962. The van der Waals surface area contributed by atoms with Crippen LogP contribution in [0.3, 0.4) is 0 Å². The zero-order valence-corrected chi connectivity index (χ0v) is 8.24. The van der Waals surface area contributed by atoms with Gasteiger partial charge in [-0.05, 0) is 12.7 Å². The fourth-order valence-corrected chi connectivity index (χ4v) is 0.954. The molecule has 11 heavy (non-hydrogen) atoms. The Balaban J connectivity index is 0. The molecule has 3 N–H and O–H groups in total. The summed E-state index contributed by atoms with van der Waals surface area (Å²) in [6.45, 7) is 1.97. The van der Waals surface area contributed by atoms with Crippen molar-refractivity contribution in [3.05, 3.63) is 0 Å². The number of rotatable bonds is 4. The van der Waals surface area contributed by atoms with Crippen molar-refractivity contribution in [3.63, 3.8) is 0 Å². The molecule has 0 aromatic heterocycles. The highest BCUT2D eigenvalue weighted by Gasteiger charge is 2.14. The molecule has 2 atom stereocenters. The molecule has 0 saturated heterocycles. The van der Waals surface area contributed by atoms with E-state index in [-0.39, 0.29) is 12.4 Å². The Morgan fingerprint density at radius 3 is 2.45 bits per heavy atom. The lowest BCUT2D eigenvalue weighted by Gasteiger charge is -2.10. The van der Waals surface area contributed by atoms with Crippen LogP contribution in [-0.4, -0.2) is 28.6 Å². The molecule has 0 fully saturated rings. The van der Waals surface area contributed by atoms with Crippen LogP contribution in [-0.2, 0) is 4.79 Å². The highest BCUT2D eigenvalue weighted by Crippen LogP contribution is 2.10. The summed E-state index contributed by atoms with van der Waals surface area (Å²) < 4.78 is 0. The second-order valence-electron chi connectivity index (χ2n) is 2.23. The molecule has 0 aliphatic rings. The third-order valence-corrected chi connectivity index (χ3v) is 2.30. The van der Waals surface area contributed by atoms with E-state index in [0.29, 0.717) is 11.7 Å². The van der Waals surface area contributed by atoms with E-state index >= 15 is 0 Å². The Bertz CT molecular complexity index is 123. The van der Waals surface area contributed by atoms with Gasteiger partial charge in [-0.15, -0.1) is 12.4 Å². The van der Waals surface area contributed by atoms with Crippen molar-refractivity contribution >= 4 is 30.1 Å². The number of hydrogen-bond donors (Lipinski definition) is 2. The van der Waals surface area contributed by atoms with Crippen LogP contribution >= 0.6 is 24.2 Å². The molecular weight excluding hydrogens is 186 g/mol. The van der Waals surface area contributed by atoms with Crippen molar-refractivity contribution in [1.29, 1.82) is 0 Å². The van der Waals surface area contributed by atoms with Crippen LogP contribution < -0.4 is 5.73 Å². The van der Waals surface area contributed by atoms with Crippen molar-refractivity contribution in [3.8, 4) is 0 Å². The lowest BCUT2D eigenvalue weighted by molar-refractivity contribution is -0.138.